The van der Waals surface area contributed by atoms with Crippen molar-refractivity contribution in [2.24, 2.45) is 0 Å². The van der Waals surface area contributed by atoms with Gasteiger partial charge < -0.3 is 9.64 Å². The van der Waals surface area contributed by atoms with E-state index in [4.69, 9.17) is 4.74 Å². The largest absolute Gasteiger partial charge is 0.465 e. The van der Waals surface area contributed by atoms with Crippen LogP contribution in [0, 0.1) is 0 Å². The van der Waals surface area contributed by atoms with Crippen molar-refractivity contribution < 1.29 is 14.3 Å². The molecule has 4 nitrogen and oxygen atoms in total. The van der Waals surface area contributed by atoms with E-state index in [1.165, 1.54) is 12.7 Å². The van der Waals surface area contributed by atoms with Crippen LogP contribution in [0.2, 0.25) is 0 Å². The Bertz CT molecular complexity index is 765. The molecule has 0 radical (unpaired) electrons. The van der Waals surface area contributed by atoms with Crippen LogP contribution in [0.5, 0.6) is 0 Å². The molecule has 1 aliphatic carbocycles. The quantitative estimate of drug-likeness (QED) is 0.594. The zero-order valence-electron chi connectivity index (χ0n) is 16.0. The van der Waals surface area contributed by atoms with Crippen molar-refractivity contribution in [3.8, 4) is 0 Å². The van der Waals surface area contributed by atoms with Crippen molar-refractivity contribution in [2.45, 2.75) is 58.4 Å². The van der Waals surface area contributed by atoms with E-state index < -0.39 is 5.97 Å². The van der Waals surface area contributed by atoms with Crippen LogP contribution >= 0.6 is 0 Å². The van der Waals surface area contributed by atoms with Crippen molar-refractivity contribution in [3.05, 3.63) is 52.2 Å². The second kappa shape index (κ2) is 7.48. The Labute approximate surface area is 155 Å². The Morgan fingerprint density at radius 1 is 1.19 bits per heavy atom. The molecular weight excluding hydrogens is 326 g/mol. The lowest BCUT2D eigenvalue weighted by Crippen LogP contribution is -2.34. The number of hydrogen-bond acceptors (Lipinski definition) is 3. The summed E-state index contributed by atoms with van der Waals surface area (Å²) in [5, 5.41) is 0. The van der Waals surface area contributed by atoms with Crippen LogP contribution in [-0.2, 0) is 14.3 Å². The van der Waals surface area contributed by atoms with Gasteiger partial charge in [-0.3, -0.25) is 4.79 Å². The molecule has 2 aliphatic rings. The molecule has 138 valence electrons. The average Bonchev–Trinajstić information content (AvgIpc) is 3.22. The summed E-state index contributed by atoms with van der Waals surface area (Å²) in [4.78, 5) is 27.3. The van der Waals surface area contributed by atoms with Gasteiger partial charge in [0.15, 0.2) is 0 Å². The topological polar surface area (TPSA) is 46.6 Å². The van der Waals surface area contributed by atoms with Crippen LogP contribution in [0.4, 0.5) is 0 Å². The maximum Gasteiger partial charge on any atom is 0.340 e. The smallest absolute Gasteiger partial charge is 0.340 e. The molecule has 1 aliphatic heterocycles. The van der Waals surface area contributed by atoms with Gasteiger partial charge in [-0.15, -0.1) is 0 Å². The molecular formula is C22H27NO3. The van der Waals surface area contributed by atoms with Crippen LogP contribution in [0.25, 0.3) is 6.08 Å². The summed E-state index contributed by atoms with van der Waals surface area (Å²) >= 11 is 0. The third kappa shape index (κ3) is 3.33. The lowest BCUT2D eigenvalue weighted by atomic mass is 9.99. The first-order chi connectivity index (χ1) is 12.4. The van der Waals surface area contributed by atoms with Gasteiger partial charge in [-0.2, -0.15) is 0 Å². The number of esters is 1. The van der Waals surface area contributed by atoms with Gasteiger partial charge in [-0.05, 0) is 42.9 Å². The van der Waals surface area contributed by atoms with Crippen LogP contribution in [0.15, 0.2) is 41.1 Å². The van der Waals surface area contributed by atoms with Crippen LogP contribution in [0.3, 0.4) is 0 Å². The Kier molecular flexibility index (Phi) is 5.30. The minimum atomic E-state index is -0.443. The van der Waals surface area contributed by atoms with E-state index in [-0.39, 0.29) is 11.9 Å². The highest BCUT2D eigenvalue weighted by molar-refractivity contribution is 6.16. The summed E-state index contributed by atoms with van der Waals surface area (Å²) in [6, 6.07) is 8.33. The molecule has 1 heterocycles. The van der Waals surface area contributed by atoms with Gasteiger partial charge in [-0.1, -0.05) is 51.0 Å². The molecule has 0 N–H and O–H groups in total. The van der Waals surface area contributed by atoms with Crippen molar-refractivity contribution >= 4 is 18.0 Å². The first-order valence-electron chi connectivity index (χ1n) is 9.38. The number of nitrogens with zero attached hydrogens (tertiary/aromatic N) is 1. The van der Waals surface area contributed by atoms with Crippen LogP contribution in [-0.4, -0.2) is 29.9 Å². The number of carbonyl (C=O) groups is 2. The maximum atomic E-state index is 13.1. The van der Waals surface area contributed by atoms with Crippen molar-refractivity contribution in [1.82, 2.24) is 4.90 Å². The van der Waals surface area contributed by atoms with E-state index in [0.717, 1.165) is 36.9 Å². The molecule has 1 saturated carbocycles. The monoisotopic (exact) mass is 353 g/mol. The van der Waals surface area contributed by atoms with Gasteiger partial charge in [0.05, 0.1) is 18.3 Å². The standard InChI is InChI=1S/C22H27NO3/c1-14(2)17-11-9-16(10-12-17)13-19-20(22(25)26-4)15(3)23(21(19)24)18-7-5-6-8-18/h9-14,18H,5-8H2,1-4H3/b19-13-. The van der Waals surface area contributed by atoms with Gasteiger partial charge in [0.25, 0.3) is 5.91 Å². The molecule has 0 aromatic heterocycles. The summed E-state index contributed by atoms with van der Waals surface area (Å²) < 4.78 is 4.97. The molecule has 0 bridgehead atoms. The number of ether oxygens (including phenoxy) is 1. The van der Waals surface area contributed by atoms with Gasteiger partial charge in [-0.25, -0.2) is 4.79 Å². The lowest BCUT2D eigenvalue weighted by molar-refractivity contribution is -0.136. The van der Waals surface area contributed by atoms with E-state index >= 15 is 0 Å². The molecule has 1 aromatic rings. The SMILES string of the molecule is COC(=O)C1=C(C)N(C2CCCC2)C(=O)/C1=C\c1ccc(C(C)C)cc1. The summed E-state index contributed by atoms with van der Waals surface area (Å²) in [5.41, 5.74) is 3.73. The fourth-order valence-corrected chi connectivity index (χ4v) is 3.94. The fraction of sp³-hybridized carbons (Fsp3) is 0.455. The van der Waals surface area contributed by atoms with E-state index in [0.29, 0.717) is 17.1 Å². The third-order valence-corrected chi connectivity index (χ3v) is 5.44. The van der Waals surface area contributed by atoms with E-state index in [1.807, 2.05) is 30.0 Å². The molecule has 0 saturated heterocycles. The molecule has 26 heavy (non-hydrogen) atoms. The highest BCUT2D eigenvalue weighted by atomic mass is 16.5. The zero-order valence-corrected chi connectivity index (χ0v) is 16.0. The second-order valence-electron chi connectivity index (χ2n) is 7.44. The lowest BCUT2D eigenvalue weighted by Gasteiger charge is -2.25. The first-order valence-corrected chi connectivity index (χ1v) is 9.38. The summed E-state index contributed by atoms with van der Waals surface area (Å²) in [6.07, 6.45) is 6.06. The van der Waals surface area contributed by atoms with Gasteiger partial charge in [0, 0.05) is 11.7 Å². The number of methoxy groups -OCH3 is 1. The zero-order chi connectivity index (χ0) is 18.8. The Balaban J connectivity index is 2.00. The van der Waals surface area contributed by atoms with Gasteiger partial charge >= 0.3 is 5.97 Å². The Morgan fingerprint density at radius 2 is 1.81 bits per heavy atom. The average molecular weight is 353 g/mol. The number of amides is 1. The fourth-order valence-electron chi connectivity index (χ4n) is 3.94. The molecule has 4 heteroatoms. The molecule has 3 rings (SSSR count). The molecule has 1 aromatic carbocycles. The molecule has 0 spiro atoms. The Hall–Kier alpha value is -2.36. The van der Waals surface area contributed by atoms with E-state index in [2.05, 4.69) is 26.0 Å². The van der Waals surface area contributed by atoms with Crippen LogP contribution < -0.4 is 0 Å². The predicted molar refractivity (Wildman–Crippen MR) is 102 cm³/mol. The van der Waals surface area contributed by atoms with Gasteiger partial charge in [0.1, 0.15) is 0 Å². The van der Waals surface area contributed by atoms with Crippen molar-refractivity contribution in [1.29, 1.82) is 0 Å². The molecule has 1 fully saturated rings. The number of rotatable bonds is 4. The van der Waals surface area contributed by atoms with Gasteiger partial charge in [0.2, 0.25) is 0 Å². The summed E-state index contributed by atoms with van der Waals surface area (Å²) in [7, 11) is 1.36. The van der Waals surface area contributed by atoms with E-state index in [9.17, 15) is 9.59 Å². The number of allylic oxidation sites excluding steroid dienone is 1. The maximum absolute atomic E-state index is 13.1. The molecule has 0 atom stereocenters. The summed E-state index contributed by atoms with van der Waals surface area (Å²) in [5.74, 6) is -0.0698. The highest BCUT2D eigenvalue weighted by Gasteiger charge is 2.40. The predicted octanol–water partition coefficient (Wildman–Crippen LogP) is 4.43. The number of benzene rings is 1. The second-order valence-corrected chi connectivity index (χ2v) is 7.44. The highest BCUT2D eigenvalue weighted by Crippen LogP contribution is 2.37. The molecule has 0 unspecified atom stereocenters. The minimum absolute atomic E-state index is 0.0808. The number of carbonyl (C=O) groups excluding carboxylic acids is 2. The minimum Gasteiger partial charge on any atom is -0.465 e. The third-order valence-electron chi connectivity index (χ3n) is 5.44. The Morgan fingerprint density at radius 3 is 2.35 bits per heavy atom. The normalized spacial score (nSPS) is 20.0. The van der Waals surface area contributed by atoms with E-state index in [1.54, 1.807) is 0 Å². The van der Waals surface area contributed by atoms with Crippen molar-refractivity contribution in [2.75, 3.05) is 7.11 Å². The van der Waals surface area contributed by atoms with Crippen LogP contribution in [0.1, 0.15) is 63.5 Å². The summed E-state index contributed by atoms with van der Waals surface area (Å²) in [6.45, 7) is 6.15. The first kappa shape index (κ1) is 18.4. The van der Waals surface area contributed by atoms with Crippen molar-refractivity contribution in [3.63, 3.8) is 0 Å². The number of hydrogen-bond donors (Lipinski definition) is 0. The molecule has 1 amide bonds.